The first kappa shape index (κ1) is 18.2. The van der Waals surface area contributed by atoms with Crippen LogP contribution in [-0.4, -0.2) is 24.0 Å². The molecule has 2 aromatic carbocycles. The van der Waals surface area contributed by atoms with Gasteiger partial charge in [0.05, 0.1) is 6.54 Å². The lowest BCUT2D eigenvalue weighted by atomic mass is 9.86. The molecule has 0 aliphatic heterocycles. The molecule has 0 fully saturated rings. The molecule has 0 unspecified atom stereocenters. The predicted molar refractivity (Wildman–Crippen MR) is 109 cm³/mol. The molecule has 4 heteroatoms. The van der Waals surface area contributed by atoms with Crippen LogP contribution in [0.15, 0.2) is 54.7 Å². The zero-order valence-corrected chi connectivity index (χ0v) is 15.7. The van der Waals surface area contributed by atoms with Gasteiger partial charge in [0.25, 0.3) is 0 Å². The van der Waals surface area contributed by atoms with Crippen molar-refractivity contribution in [3.63, 3.8) is 0 Å². The average molecular weight is 349 g/mol. The molecule has 1 aromatic heterocycles. The normalized spacial score (nSPS) is 11.7. The van der Waals surface area contributed by atoms with Crippen LogP contribution in [0.25, 0.3) is 10.9 Å². The third-order valence-corrected chi connectivity index (χ3v) is 4.54. The molecule has 0 saturated heterocycles. The minimum absolute atomic E-state index is 0.00730. The lowest BCUT2D eigenvalue weighted by Gasteiger charge is -2.23. The van der Waals surface area contributed by atoms with Crippen molar-refractivity contribution in [3.8, 4) is 0 Å². The third-order valence-electron chi connectivity index (χ3n) is 4.54. The molecular weight excluding hydrogens is 322 g/mol. The number of amides is 1. The minimum Gasteiger partial charge on any atom is -0.361 e. The van der Waals surface area contributed by atoms with Crippen molar-refractivity contribution in [3.05, 3.63) is 65.9 Å². The van der Waals surface area contributed by atoms with Crippen LogP contribution in [-0.2, 0) is 16.6 Å². The number of hydrogen-bond donors (Lipinski definition) is 3. The molecule has 0 aliphatic carbocycles. The smallest absolute Gasteiger partial charge is 0.238 e. The molecule has 0 saturated carbocycles. The molecule has 3 N–H and O–H groups in total. The number of anilines is 1. The summed E-state index contributed by atoms with van der Waals surface area (Å²) in [7, 11) is 0. The average Bonchev–Trinajstić information content (AvgIpc) is 3.01. The number of carbonyl (C=O) groups is 1. The first-order valence-electron chi connectivity index (χ1n) is 9.10. The first-order valence-corrected chi connectivity index (χ1v) is 9.10. The SMILES string of the molecule is CC(C)(C)c1ccccc1NC(=O)CNCCc1c[nH]c2ccccc12. The van der Waals surface area contributed by atoms with Crippen LogP contribution in [0.3, 0.4) is 0 Å². The van der Waals surface area contributed by atoms with Gasteiger partial charge in [0, 0.05) is 22.8 Å². The van der Waals surface area contributed by atoms with Gasteiger partial charge in [-0.05, 0) is 41.6 Å². The molecule has 3 aromatic rings. The highest BCUT2D eigenvalue weighted by molar-refractivity contribution is 5.93. The molecular formula is C22H27N3O. The lowest BCUT2D eigenvalue weighted by Crippen LogP contribution is -2.30. The van der Waals surface area contributed by atoms with E-state index < -0.39 is 0 Å². The van der Waals surface area contributed by atoms with Crippen molar-refractivity contribution in [2.24, 2.45) is 0 Å². The van der Waals surface area contributed by atoms with Crippen molar-refractivity contribution in [2.45, 2.75) is 32.6 Å². The number of para-hydroxylation sites is 2. The van der Waals surface area contributed by atoms with E-state index in [0.29, 0.717) is 6.54 Å². The first-order chi connectivity index (χ1) is 12.4. The van der Waals surface area contributed by atoms with E-state index in [0.717, 1.165) is 29.7 Å². The number of fused-ring (bicyclic) bond motifs is 1. The summed E-state index contributed by atoms with van der Waals surface area (Å²) >= 11 is 0. The largest absolute Gasteiger partial charge is 0.361 e. The Labute approximate surface area is 155 Å². The van der Waals surface area contributed by atoms with Gasteiger partial charge in [0.1, 0.15) is 0 Å². The summed E-state index contributed by atoms with van der Waals surface area (Å²) in [5, 5.41) is 7.52. The fourth-order valence-electron chi connectivity index (χ4n) is 3.20. The van der Waals surface area contributed by atoms with Crippen LogP contribution in [0.4, 0.5) is 5.69 Å². The Kier molecular flexibility index (Phi) is 5.43. The number of H-pyrrole nitrogens is 1. The van der Waals surface area contributed by atoms with Crippen LogP contribution >= 0.6 is 0 Å². The van der Waals surface area contributed by atoms with Gasteiger partial charge in [-0.2, -0.15) is 0 Å². The zero-order chi connectivity index (χ0) is 18.6. The van der Waals surface area contributed by atoms with Gasteiger partial charge in [0.15, 0.2) is 0 Å². The highest BCUT2D eigenvalue weighted by Crippen LogP contribution is 2.29. The van der Waals surface area contributed by atoms with Crippen LogP contribution < -0.4 is 10.6 Å². The maximum absolute atomic E-state index is 12.3. The van der Waals surface area contributed by atoms with Crippen LogP contribution in [0.5, 0.6) is 0 Å². The number of aromatic nitrogens is 1. The van der Waals surface area contributed by atoms with Crippen molar-refractivity contribution >= 4 is 22.5 Å². The summed E-state index contributed by atoms with van der Waals surface area (Å²) < 4.78 is 0. The molecule has 1 amide bonds. The number of nitrogens with one attached hydrogen (secondary N) is 3. The van der Waals surface area contributed by atoms with Crippen molar-refractivity contribution in [1.82, 2.24) is 10.3 Å². The Morgan fingerprint density at radius 1 is 1.04 bits per heavy atom. The van der Waals surface area contributed by atoms with Crippen LogP contribution in [0.1, 0.15) is 31.9 Å². The highest BCUT2D eigenvalue weighted by Gasteiger charge is 2.18. The predicted octanol–water partition coefficient (Wildman–Crippen LogP) is 4.24. The van der Waals surface area contributed by atoms with E-state index in [2.05, 4.69) is 54.6 Å². The van der Waals surface area contributed by atoms with E-state index in [9.17, 15) is 4.79 Å². The van der Waals surface area contributed by atoms with E-state index in [4.69, 9.17) is 0 Å². The number of rotatable bonds is 6. The van der Waals surface area contributed by atoms with E-state index in [1.807, 2.05) is 36.5 Å². The van der Waals surface area contributed by atoms with Crippen LogP contribution in [0, 0.1) is 0 Å². The zero-order valence-electron chi connectivity index (χ0n) is 15.7. The second-order valence-corrected chi connectivity index (χ2v) is 7.63. The highest BCUT2D eigenvalue weighted by atomic mass is 16.1. The molecule has 3 rings (SSSR count). The maximum atomic E-state index is 12.3. The topological polar surface area (TPSA) is 56.9 Å². The second kappa shape index (κ2) is 7.75. The number of aromatic amines is 1. The molecule has 0 atom stereocenters. The summed E-state index contributed by atoms with van der Waals surface area (Å²) in [6.45, 7) is 7.52. The molecule has 1 heterocycles. The molecule has 0 spiro atoms. The quantitative estimate of drug-likeness (QED) is 0.583. The third kappa shape index (κ3) is 4.33. The maximum Gasteiger partial charge on any atom is 0.238 e. The summed E-state index contributed by atoms with van der Waals surface area (Å²) in [6, 6.07) is 16.3. The summed E-state index contributed by atoms with van der Waals surface area (Å²) in [6.07, 6.45) is 2.93. The molecule has 26 heavy (non-hydrogen) atoms. The molecule has 136 valence electrons. The van der Waals surface area contributed by atoms with E-state index in [1.54, 1.807) is 0 Å². The number of carbonyl (C=O) groups excluding carboxylic acids is 1. The Hall–Kier alpha value is -2.59. The number of benzene rings is 2. The summed E-state index contributed by atoms with van der Waals surface area (Å²) in [5.41, 5.74) is 4.45. The monoisotopic (exact) mass is 349 g/mol. The Bertz CT molecular complexity index is 890. The van der Waals surface area contributed by atoms with Crippen LogP contribution in [0.2, 0.25) is 0 Å². The standard InChI is InChI=1S/C22H27N3O/c1-22(2,3)18-9-5-7-11-20(18)25-21(26)15-23-13-12-16-14-24-19-10-6-4-8-17(16)19/h4-11,14,23-24H,12-13,15H2,1-3H3,(H,25,26). The Morgan fingerprint density at radius 3 is 2.58 bits per heavy atom. The second-order valence-electron chi connectivity index (χ2n) is 7.63. The van der Waals surface area contributed by atoms with Gasteiger partial charge < -0.3 is 15.6 Å². The van der Waals surface area contributed by atoms with Gasteiger partial charge in [0.2, 0.25) is 5.91 Å². The molecule has 0 aliphatic rings. The summed E-state index contributed by atoms with van der Waals surface area (Å²) in [5.74, 6) is -0.0133. The van der Waals surface area contributed by atoms with Crippen molar-refractivity contribution in [1.29, 1.82) is 0 Å². The van der Waals surface area contributed by atoms with Gasteiger partial charge in [-0.3, -0.25) is 4.79 Å². The Balaban J connectivity index is 1.51. The fourth-order valence-corrected chi connectivity index (χ4v) is 3.20. The van der Waals surface area contributed by atoms with Gasteiger partial charge in [-0.1, -0.05) is 57.2 Å². The summed E-state index contributed by atoms with van der Waals surface area (Å²) in [4.78, 5) is 15.6. The minimum atomic E-state index is -0.0133. The molecule has 0 bridgehead atoms. The molecule has 4 nitrogen and oxygen atoms in total. The van der Waals surface area contributed by atoms with E-state index >= 15 is 0 Å². The van der Waals surface area contributed by atoms with Crippen molar-refractivity contribution < 1.29 is 4.79 Å². The van der Waals surface area contributed by atoms with Gasteiger partial charge >= 0.3 is 0 Å². The van der Waals surface area contributed by atoms with E-state index in [1.165, 1.54) is 10.9 Å². The number of hydrogen-bond acceptors (Lipinski definition) is 2. The lowest BCUT2D eigenvalue weighted by molar-refractivity contribution is -0.115. The van der Waals surface area contributed by atoms with Gasteiger partial charge in [-0.25, -0.2) is 0 Å². The Morgan fingerprint density at radius 2 is 1.77 bits per heavy atom. The molecule has 0 radical (unpaired) electrons. The van der Waals surface area contributed by atoms with Gasteiger partial charge in [-0.15, -0.1) is 0 Å². The van der Waals surface area contributed by atoms with Crippen molar-refractivity contribution in [2.75, 3.05) is 18.4 Å². The fraction of sp³-hybridized carbons (Fsp3) is 0.318. The van der Waals surface area contributed by atoms with E-state index in [-0.39, 0.29) is 11.3 Å².